The van der Waals surface area contributed by atoms with E-state index in [9.17, 15) is 0 Å². The van der Waals surface area contributed by atoms with Crippen molar-refractivity contribution in [1.29, 1.82) is 0 Å². The van der Waals surface area contributed by atoms with Crippen molar-refractivity contribution >= 4 is 29.1 Å². The smallest absolute Gasteiger partial charge is 0.134 e. The molecule has 4 rings (SSSR count). The molecule has 2 fully saturated rings. The molecule has 0 amide bonds. The van der Waals surface area contributed by atoms with Gasteiger partial charge in [-0.1, -0.05) is 11.6 Å². The maximum absolute atomic E-state index is 5.92. The SMILES string of the molecule is Clc1ccc(N2CCN(c3cc(N4CCOCC4)ncn3)CC2)nc1. The van der Waals surface area contributed by atoms with Crippen LogP contribution < -0.4 is 14.7 Å². The molecule has 2 aromatic heterocycles. The third-order valence-corrected chi connectivity index (χ3v) is 4.84. The highest BCUT2D eigenvalue weighted by Gasteiger charge is 2.20. The van der Waals surface area contributed by atoms with Gasteiger partial charge in [-0.05, 0) is 12.1 Å². The summed E-state index contributed by atoms with van der Waals surface area (Å²) in [4.78, 5) is 20.1. The number of hydrogen-bond donors (Lipinski definition) is 0. The average Bonchev–Trinajstić information content (AvgIpc) is 2.70. The Morgan fingerprint density at radius 3 is 1.96 bits per heavy atom. The van der Waals surface area contributed by atoms with Crippen molar-refractivity contribution < 1.29 is 4.74 Å². The van der Waals surface area contributed by atoms with Crippen molar-refractivity contribution in [3.63, 3.8) is 0 Å². The quantitative estimate of drug-likeness (QED) is 0.825. The largest absolute Gasteiger partial charge is 0.378 e. The molecule has 0 spiro atoms. The van der Waals surface area contributed by atoms with Gasteiger partial charge in [-0.2, -0.15) is 0 Å². The molecule has 8 heteroatoms. The summed E-state index contributed by atoms with van der Waals surface area (Å²) in [5, 5.41) is 0.666. The normalized spacial score (nSPS) is 18.5. The standard InChI is InChI=1S/C17H21ClN6O/c18-14-1-2-15(19-12-14)22-3-5-23(6-4-22)16-11-17(21-13-20-16)24-7-9-25-10-8-24/h1-2,11-13H,3-10H2. The van der Waals surface area contributed by atoms with Gasteiger partial charge in [-0.25, -0.2) is 15.0 Å². The molecule has 0 unspecified atom stereocenters. The minimum atomic E-state index is 0.666. The summed E-state index contributed by atoms with van der Waals surface area (Å²) in [6.45, 7) is 6.90. The second kappa shape index (κ2) is 7.41. The van der Waals surface area contributed by atoms with E-state index in [4.69, 9.17) is 16.3 Å². The van der Waals surface area contributed by atoms with Crippen LogP contribution in [0.2, 0.25) is 5.02 Å². The number of pyridine rings is 1. The summed E-state index contributed by atoms with van der Waals surface area (Å²) in [6.07, 6.45) is 3.36. The van der Waals surface area contributed by atoms with Crippen molar-refractivity contribution in [3.05, 3.63) is 35.7 Å². The van der Waals surface area contributed by atoms with E-state index in [1.807, 2.05) is 12.1 Å². The molecule has 0 aromatic carbocycles. The Bertz CT molecular complexity index is 699. The highest BCUT2D eigenvalue weighted by molar-refractivity contribution is 6.30. The Balaban J connectivity index is 1.41. The monoisotopic (exact) mass is 360 g/mol. The second-order valence-corrected chi connectivity index (χ2v) is 6.58. The third kappa shape index (κ3) is 3.77. The van der Waals surface area contributed by atoms with Gasteiger partial charge in [0.05, 0.1) is 18.2 Å². The Morgan fingerprint density at radius 2 is 1.36 bits per heavy atom. The summed E-state index contributed by atoms with van der Waals surface area (Å²) in [5.41, 5.74) is 0. The van der Waals surface area contributed by atoms with E-state index in [-0.39, 0.29) is 0 Å². The van der Waals surface area contributed by atoms with E-state index in [1.165, 1.54) is 0 Å². The van der Waals surface area contributed by atoms with E-state index >= 15 is 0 Å². The zero-order valence-electron chi connectivity index (χ0n) is 14.0. The fourth-order valence-corrected chi connectivity index (χ4v) is 3.31. The van der Waals surface area contributed by atoms with Crippen molar-refractivity contribution in [2.75, 3.05) is 67.2 Å². The highest BCUT2D eigenvalue weighted by atomic mass is 35.5. The first-order chi connectivity index (χ1) is 12.3. The van der Waals surface area contributed by atoms with E-state index in [1.54, 1.807) is 12.5 Å². The maximum Gasteiger partial charge on any atom is 0.134 e. The molecular formula is C17H21ClN6O. The number of anilines is 3. The maximum atomic E-state index is 5.92. The van der Waals surface area contributed by atoms with Gasteiger partial charge in [0, 0.05) is 51.5 Å². The number of halogens is 1. The first-order valence-corrected chi connectivity index (χ1v) is 8.93. The molecule has 0 saturated carbocycles. The van der Waals surface area contributed by atoms with Crippen LogP contribution in [0.5, 0.6) is 0 Å². The number of piperazine rings is 1. The number of morpholine rings is 1. The summed E-state index contributed by atoms with van der Waals surface area (Å²) < 4.78 is 5.41. The van der Waals surface area contributed by atoms with E-state index in [0.717, 1.165) is 69.9 Å². The molecule has 0 radical (unpaired) electrons. The molecule has 2 saturated heterocycles. The zero-order valence-corrected chi connectivity index (χ0v) is 14.8. The third-order valence-electron chi connectivity index (χ3n) is 4.61. The van der Waals surface area contributed by atoms with Gasteiger partial charge in [-0.3, -0.25) is 0 Å². The molecule has 7 nitrogen and oxygen atoms in total. The van der Waals surface area contributed by atoms with E-state index < -0.39 is 0 Å². The predicted molar refractivity (Wildman–Crippen MR) is 98.7 cm³/mol. The van der Waals surface area contributed by atoms with Gasteiger partial charge in [0.2, 0.25) is 0 Å². The zero-order chi connectivity index (χ0) is 17.1. The summed E-state index contributed by atoms with van der Waals surface area (Å²) in [7, 11) is 0. The van der Waals surface area contributed by atoms with Crippen molar-refractivity contribution in [2.24, 2.45) is 0 Å². The Hall–Kier alpha value is -2.12. The second-order valence-electron chi connectivity index (χ2n) is 6.14. The van der Waals surface area contributed by atoms with Crippen molar-refractivity contribution in [3.8, 4) is 0 Å². The molecule has 0 aliphatic carbocycles. The van der Waals surface area contributed by atoms with Crippen LogP contribution in [0.1, 0.15) is 0 Å². The van der Waals surface area contributed by atoms with Crippen LogP contribution in [0.15, 0.2) is 30.7 Å². The van der Waals surface area contributed by atoms with Gasteiger partial charge < -0.3 is 19.4 Å². The lowest BCUT2D eigenvalue weighted by atomic mass is 10.3. The molecule has 0 N–H and O–H groups in total. The number of ether oxygens (including phenoxy) is 1. The van der Waals surface area contributed by atoms with Crippen LogP contribution in [-0.4, -0.2) is 67.4 Å². The Labute approximate surface area is 152 Å². The molecule has 25 heavy (non-hydrogen) atoms. The van der Waals surface area contributed by atoms with Crippen LogP contribution in [0.25, 0.3) is 0 Å². The number of rotatable bonds is 3. The molecule has 2 aliphatic rings. The van der Waals surface area contributed by atoms with Gasteiger partial charge in [0.25, 0.3) is 0 Å². The van der Waals surface area contributed by atoms with Crippen LogP contribution >= 0.6 is 11.6 Å². The van der Waals surface area contributed by atoms with Gasteiger partial charge in [-0.15, -0.1) is 0 Å². The molecular weight excluding hydrogens is 340 g/mol. The van der Waals surface area contributed by atoms with Crippen molar-refractivity contribution in [1.82, 2.24) is 15.0 Å². The Morgan fingerprint density at radius 1 is 0.760 bits per heavy atom. The van der Waals surface area contributed by atoms with Crippen LogP contribution in [0, 0.1) is 0 Å². The molecule has 0 atom stereocenters. The lowest BCUT2D eigenvalue weighted by Gasteiger charge is -2.36. The van der Waals surface area contributed by atoms with Gasteiger partial charge in [0.15, 0.2) is 0 Å². The van der Waals surface area contributed by atoms with Crippen molar-refractivity contribution in [2.45, 2.75) is 0 Å². The summed E-state index contributed by atoms with van der Waals surface area (Å²) >= 11 is 5.92. The predicted octanol–water partition coefficient (Wildman–Crippen LogP) is 1.69. The number of hydrogen-bond acceptors (Lipinski definition) is 7. The topological polar surface area (TPSA) is 57.6 Å². The fraction of sp³-hybridized carbons (Fsp3) is 0.471. The minimum Gasteiger partial charge on any atom is -0.378 e. The van der Waals surface area contributed by atoms with Gasteiger partial charge >= 0.3 is 0 Å². The lowest BCUT2D eigenvalue weighted by Crippen LogP contribution is -2.47. The summed E-state index contributed by atoms with van der Waals surface area (Å²) in [6, 6.07) is 5.94. The van der Waals surface area contributed by atoms with E-state index in [2.05, 4.69) is 35.7 Å². The highest BCUT2D eigenvalue weighted by Crippen LogP contribution is 2.21. The van der Waals surface area contributed by atoms with Crippen LogP contribution in [0.4, 0.5) is 17.5 Å². The molecule has 2 aliphatic heterocycles. The number of aromatic nitrogens is 3. The molecule has 4 heterocycles. The Kier molecular flexibility index (Phi) is 4.85. The lowest BCUT2D eigenvalue weighted by molar-refractivity contribution is 0.122. The van der Waals surface area contributed by atoms with E-state index in [0.29, 0.717) is 5.02 Å². The summed E-state index contributed by atoms with van der Waals surface area (Å²) in [5.74, 6) is 2.94. The van der Waals surface area contributed by atoms with Crippen LogP contribution in [-0.2, 0) is 4.74 Å². The minimum absolute atomic E-state index is 0.666. The van der Waals surface area contributed by atoms with Crippen LogP contribution in [0.3, 0.4) is 0 Å². The molecule has 2 aromatic rings. The molecule has 132 valence electrons. The van der Waals surface area contributed by atoms with Gasteiger partial charge in [0.1, 0.15) is 23.8 Å². The average molecular weight is 361 g/mol. The first kappa shape index (κ1) is 16.4. The fourth-order valence-electron chi connectivity index (χ4n) is 3.20. The first-order valence-electron chi connectivity index (χ1n) is 8.56. The number of nitrogens with zero attached hydrogens (tertiary/aromatic N) is 6. The molecule has 0 bridgehead atoms.